The van der Waals surface area contributed by atoms with Gasteiger partial charge in [0.05, 0.1) is 11.1 Å². The van der Waals surface area contributed by atoms with Crippen LogP contribution in [0, 0.1) is 0 Å². The summed E-state index contributed by atoms with van der Waals surface area (Å²) in [6, 6.07) is 20.5. The standard InChI is InChI=1S/C27H19NO6/c29-24-13-19-6-7-20(27(32)33-14-17-3-8-25-23(10-17)28-15-34-25)11-21(19)12-22(24)9-16-1-4-18(5-2-16)26(30)31/h1-8,10-13,15,29H,9,14H2,(H,30,31). The van der Waals surface area contributed by atoms with Gasteiger partial charge in [0.2, 0.25) is 0 Å². The normalized spacial score (nSPS) is 11.1. The molecule has 7 nitrogen and oxygen atoms in total. The quantitative estimate of drug-likeness (QED) is 0.334. The predicted octanol–water partition coefficient (Wildman–Crippen LogP) is 5.33. The summed E-state index contributed by atoms with van der Waals surface area (Å²) in [6.07, 6.45) is 1.79. The Balaban J connectivity index is 1.34. The lowest BCUT2D eigenvalue weighted by Gasteiger charge is -2.10. The highest BCUT2D eigenvalue weighted by Crippen LogP contribution is 2.28. The van der Waals surface area contributed by atoms with Crippen LogP contribution in [0.2, 0.25) is 0 Å². The Kier molecular flexibility index (Phi) is 5.43. The maximum Gasteiger partial charge on any atom is 0.338 e. The summed E-state index contributed by atoms with van der Waals surface area (Å²) in [5.74, 6) is -1.31. The minimum atomic E-state index is -0.988. The van der Waals surface area contributed by atoms with E-state index < -0.39 is 11.9 Å². The van der Waals surface area contributed by atoms with Crippen LogP contribution in [0.25, 0.3) is 21.9 Å². The number of aromatic nitrogens is 1. The zero-order chi connectivity index (χ0) is 23.7. The predicted molar refractivity (Wildman–Crippen MR) is 125 cm³/mol. The monoisotopic (exact) mass is 453 g/mol. The molecule has 0 bridgehead atoms. The van der Waals surface area contributed by atoms with Crippen molar-refractivity contribution in [1.29, 1.82) is 0 Å². The van der Waals surface area contributed by atoms with Crippen LogP contribution in [0.5, 0.6) is 5.75 Å². The minimum Gasteiger partial charge on any atom is -0.508 e. The van der Waals surface area contributed by atoms with Crippen molar-refractivity contribution >= 4 is 33.8 Å². The van der Waals surface area contributed by atoms with Crippen LogP contribution >= 0.6 is 0 Å². The van der Waals surface area contributed by atoms with Crippen LogP contribution in [-0.2, 0) is 17.8 Å². The molecule has 1 heterocycles. The van der Waals surface area contributed by atoms with Gasteiger partial charge in [-0.2, -0.15) is 0 Å². The molecule has 0 unspecified atom stereocenters. The number of aromatic hydroxyl groups is 1. The summed E-state index contributed by atoms with van der Waals surface area (Å²) >= 11 is 0. The Labute approximate surface area is 193 Å². The molecule has 0 atom stereocenters. The number of nitrogens with zero attached hydrogens (tertiary/aromatic N) is 1. The van der Waals surface area contributed by atoms with Gasteiger partial charge in [-0.15, -0.1) is 0 Å². The van der Waals surface area contributed by atoms with Crippen molar-refractivity contribution in [3.63, 3.8) is 0 Å². The van der Waals surface area contributed by atoms with Crippen molar-refractivity contribution in [2.45, 2.75) is 13.0 Å². The zero-order valence-electron chi connectivity index (χ0n) is 17.9. The van der Waals surface area contributed by atoms with E-state index in [2.05, 4.69) is 4.98 Å². The number of carbonyl (C=O) groups is 2. The zero-order valence-corrected chi connectivity index (χ0v) is 17.9. The first kappa shape index (κ1) is 21.2. The summed E-state index contributed by atoms with van der Waals surface area (Å²) < 4.78 is 10.7. The molecule has 5 rings (SSSR count). The maximum absolute atomic E-state index is 12.7. The van der Waals surface area contributed by atoms with E-state index in [1.807, 2.05) is 18.2 Å². The van der Waals surface area contributed by atoms with Gasteiger partial charge in [-0.25, -0.2) is 14.6 Å². The van der Waals surface area contributed by atoms with Gasteiger partial charge >= 0.3 is 11.9 Å². The second kappa shape index (κ2) is 8.71. The molecule has 5 aromatic rings. The van der Waals surface area contributed by atoms with E-state index in [9.17, 15) is 14.7 Å². The average Bonchev–Trinajstić information content (AvgIpc) is 3.31. The van der Waals surface area contributed by atoms with Crippen molar-refractivity contribution in [2.24, 2.45) is 0 Å². The first-order valence-electron chi connectivity index (χ1n) is 10.5. The Hall–Kier alpha value is -4.65. The number of aromatic carboxylic acids is 1. The lowest BCUT2D eigenvalue weighted by Crippen LogP contribution is -2.05. The van der Waals surface area contributed by atoms with Gasteiger partial charge < -0.3 is 19.4 Å². The topological polar surface area (TPSA) is 110 Å². The van der Waals surface area contributed by atoms with E-state index in [1.54, 1.807) is 42.5 Å². The second-order valence-electron chi connectivity index (χ2n) is 7.95. The van der Waals surface area contributed by atoms with Crippen LogP contribution < -0.4 is 0 Å². The van der Waals surface area contributed by atoms with Crippen molar-refractivity contribution in [3.05, 3.63) is 107 Å². The van der Waals surface area contributed by atoms with E-state index in [0.717, 1.165) is 21.9 Å². The molecule has 168 valence electrons. The molecular weight excluding hydrogens is 434 g/mol. The van der Waals surface area contributed by atoms with Crippen molar-refractivity contribution < 1.29 is 29.0 Å². The number of hydrogen-bond donors (Lipinski definition) is 2. The fourth-order valence-corrected chi connectivity index (χ4v) is 3.81. The number of fused-ring (bicyclic) bond motifs is 2. The highest BCUT2D eigenvalue weighted by Gasteiger charge is 2.12. The molecule has 0 aliphatic heterocycles. The van der Waals surface area contributed by atoms with Gasteiger partial charge in [0.1, 0.15) is 17.9 Å². The Bertz CT molecular complexity index is 1530. The molecule has 0 saturated heterocycles. The molecule has 0 radical (unpaired) electrons. The van der Waals surface area contributed by atoms with E-state index >= 15 is 0 Å². The molecule has 0 aliphatic carbocycles. The molecule has 0 spiro atoms. The minimum absolute atomic E-state index is 0.104. The number of rotatable bonds is 6. The van der Waals surface area contributed by atoms with Gasteiger partial charge in [0.15, 0.2) is 12.0 Å². The van der Waals surface area contributed by atoms with E-state index in [1.165, 1.54) is 18.5 Å². The smallest absolute Gasteiger partial charge is 0.338 e. The number of hydrogen-bond acceptors (Lipinski definition) is 6. The van der Waals surface area contributed by atoms with E-state index in [-0.39, 0.29) is 17.9 Å². The number of carboxylic acid groups (broad SMARTS) is 1. The number of carboxylic acids is 1. The molecule has 0 fully saturated rings. The molecule has 34 heavy (non-hydrogen) atoms. The fraction of sp³-hybridized carbons (Fsp3) is 0.0741. The Morgan fingerprint density at radius 2 is 1.62 bits per heavy atom. The number of phenols is 1. The van der Waals surface area contributed by atoms with Gasteiger partial charge in [-0.1, -0.05) is 24.3 Å². The molecule has 1 aromatic heterocycles. The molecule has 0 amide bonds. The van der Waals surface area contributed by atoms with Gasteiger partial charge in [-0.3, -0.25) is 0 Å². The van der Waals surface area contributed by atoms with Crippen molar-refractivity contribution in [2.75, 3.05) is 0 Å². The molecule has 0 aliphatic rings. The molecule has 7 heteroatoms. The van der Waals surface area contributed by atoms with Crippen molar-refractivity contribution in [1.82, 2.24) is 4.98 Å². The lowest BCUT2D eigenvalue weighted by molar-refractivity contribution is 0.0472. The third-order valence-corrected chi connectivity index (χ3v) is 5.63. The van der Waals surface area contributed by atoms with Crippen LogP contribution in [0.4, 0.5) is 0 Å². The number of benzene rings is 4. The first-order valence-corrected chi connectivity index (χ1v) is 10.5. The summed E-state index contributed by atoms with van der Waals surface area (Å²) in [6.45, 7) is 0.104. The van der Waals surface area contributed by atoms with Crippen molar-refractivity contribution in [3.8, 4) is 5.75 Å². The number of phenolic OH excluding ortho intramolecular Hbond substituents is 1. The largest absolute Gasteiger partial charge is 0.508 e. The fourth-order valence-electron chi connectivity index (χ4n) is 3.81. The number of oxazole rings is 1. The Morgan fingerprint density at radius 1 is 0.853 bits per heavy atom. The van der Waals surface area contributed by atoms with Gasteiger partial charge in [0.25, 0.3) is 0 Å². The summed E-state index contributed by atoms with van der Waals surface area (Å²) in [5.41, 5.74) is 4.30. The highest BCUT2D eigenvalue weighted by atomic mass is 16.5. The molecular formula is C27H19NO6. The summed E-state index contributed by atoms with van der Waals surface area (Å²) in [4.78, 5) is 27.8. The summed E-state index contributed by atoms with van der Waals surface area (Å²) in [5, 5.41) is 21.1. The Morgan fingerprint density at radius 3 is 2.41 bits per heavy atom. The third kappa shape index (κ3) is 4.31. The third-order valence-electron chi connectivity index (χ3n) is 5.63. The van der Waals surface area contributed by atoms with Crippen LogP contribution in [0.1, 0.15) is 37.4 Å². The molecule has 0 saturated carbocycles. The first-order chi connectivity index (χ1) is 16.5. The number of esters is 1. The number of ether oxygens (including phenoxy) is 1. The van der Waals surface area contributed by atoms with Crippen LogP contribution in [-0.4, -0.2) is 27.1 Å². The number of carbonyl (C=O) groups excluding carboxylic acids is 1. The van der Waals surface area contributed by atoms with Gasteiger partial charge in [-0.05, 0) is 76.0 Å². The SMILES string of the molecule is O=C(O)c1ccc(Cc2cc3cc(C(=O)OCc4ccc5ocnc5c4)ccc3cc2O)cc1. The van der Waals surface area contributed by atoms with Crippen LogP contribution in [0.3, 0.4) is 0 Å². The summed E-state index contributed by atoms with van der Waals surface area (Å²) in [7, 11) is 0. The van der Waals surface area contributed by atoms with E-state index in [4.69, 9.17) is 14.3 Å². The lowest BCUT2D eigenvalue weighted by atomic mass is 9.98. The maximum atomic E-state index is 12.7. The van der Waals surface area contributed by atoms with Gasteiger partial charge in [0, 0.05) is 6.42 Å². The average molecular weight is 453 g/mol. The highest BCUT2D eigenvalue weighted by molar-refractivity contribution is 5.96. The second-order valence-corrected chi connectivity index (χ2v) is 7.95. The van der Waals surface area contributed by atoms with E-state index in [0.29, 0.717) is 28.6 Å². The molecule has 4 aromatic carbocycles. The molecule has 2 N–H and O–H groups in total. The van der Waals surface area contributed by atoms with Crippen LogP contribution in [0.15, 0.2) is 83.6 Å².